The minimum atomic E-state index is -0.635. The van der Waals surface area contributed by atoms with Crippen molar-refractivity contribution in [2.75, 3.05) is 6.61 Å². The molecule has 0 spiro atoms. The van der Waals surface area contributed by atoms with Crippen molar-refractivity contribution < 1.29 is 18.7 Å². The Kier molecular flexibility index (Phi) is 4.54. The first-order chi connectivity index (χ1) is 13.0. The molecular formula is C22H20O5. The summed E-state index contributed by atoms with van der Waals surface area (Å²) in [5.41, 5.74) is 2.84. The normalized spacial score (nSPS) is 16.6. The minimum Gasteiger partial charge on any atom is -0.452 e. The number of carbonyl (C=O) groups excluding carboxylic acids is 1. The van der Waals surface area contributed by atoms with Gasteiger partial charge in [-0.25, -0.2) is 4.79 Å². The van der Waals surface area contributed by atoms with Crippen LogP contribution in [0.5, 0.6) is 5.75 Å². The smallest absolute Gasteiger partial charge is 0.340 e. The van der Waals surface area contributed by atoms with E-state index in [0.29, 0.717) is 29.6 Å². The zero-order valence-electron chi connectivity index (χ0n) is 15.3. The summed E-state index contributed by atoms with van der Waals surface area (Å²) in [7, 11) is 0. The van der Waals surface area contributed by atoms with Crippen LogP contribution >= 0.6 is 0 Å². The lowest BCUT2D eigenvalue weighted by Crippen LogP contribution is -2.27. The van der Waals surface area contributed by atoms with Crippen LogP contribution in [0.1, 0.15) is 24.0 Å². The number of ether oxygens (including phenoxy) is 2. The number of aryl methyl sites for hydroxylation is 2. The van der Waals surface area contributed by atoms with Crippen LogP contribution in [0.2, 0.25) is 0 Å². The van der Waals surface area contributed by atoms with E-state index in [1.54, 1.807) is 12.1 Å². The zero-order chi connectivity index (χ0) is 19.0. The first-order valence-corrected chi connectivity index (χ1v) is 9.01. The van der Waals surface area contributed by atoms with Crippen LogP contribution in [0.3, 0.4) is 0 Å². The largest absolute Gasteiger partial charge is 0.452 e. The van der Waals surface area contributed by atoms with E-state index in [1.165, 1.54) is 0 Å². The van der Waals surface area contributed by atoms with Crippen LogP contribution < -0.4 is 10.2 Å². The summed E-state index contributed by atoms with van der Waals surface area (Å²) < 4.78 is 16.9. The van der Waals surface area contributed by atoms with Gasteiger partial charge >= 0.3 is 5.97 Å². The number of hydrogen-bond donors (Lipinski definition) is 0. The second kappa shape index (κ2) is 7.00. The molecule has 3 aromatic rings. The van der Waals surface area contributed by atoms with Gasteiger partial charge in [0.1, 0.15) is 5.58 Å². The number of fused-ring (bicyclic) bond motifs is 1. The number of hydrogen-bond acceptors (Lipinski definition) is 5. The molecule has 4 rings (SSSR count). The highest BCUT2D eigenvalue weighted by atomic mass is 16.6. The Balaban J connectivity index is 1.88. The van der Waals surface area contributed by atoms with Crippen molar-refractivity contribution in [1.29, 1.82) is 0 Å². The van der Waals surface area contributed by atoms with Crippen LogP contribution in [-0.4, -0.2) is 18.7 Å². The van der Waals surface area contributed by atoms with E-state index in [9.17, 15) is 9.59 Å². The predicted molar refractivity (Wildman–Crippen MR) is 102 cm³/mol. The summed E-state index contributed by atoms with van der Waals surface area (Å²) in [5.74, 6) is -0.389. The molecule has 0 saturated carbocycles. The molecule has 0 bridgehead atoms. The van der Waals surface area contributed by atoms with Crippen molar-refractivity contribution in [3.63, 3.8) is 0 Å². The van der Waals surface area contributed by atoms with Gasteiger partial charge in [-0.1, -0.05) is 35.9 Å². The maximum absolute atomic E-state index is 13.1. The van der Waals surface area contributed by atoms with E-state index in [1.807, 2.05) is 44.2 Å². The summed E-state index contributed by atoms with van der Waals surface area (Å²) in [6.45, 7) is 4.43. The second-order valence-corrected chi connectivity index (χ2v) is 6.88. The van der Waals surface area contributed by atoms with Crippen LogP contribution in [0.15, 0.2) is 51.7 Å². The van der Waals surface area contributed by atoms with Crippen LogP contribution in [0.4, 0.5) is 0 Å². The van der Waals surface area contributed by atoms with Crippen molar-refractivity contribution in [2.45, 2.75) is 32.8 Å². The summed E-state index contributed by atoms with van der Waals surface area (Å²) >= 11 is 0. The summed E-state index contributed by atoms with van der Waals surface area (Å²) in [5, 5.41) is 0.381. The minimum absolute atomic E-state index is 0.0873. The highest BCUT2D eigenvalue weighted by molar-refractivity contribution is 5.85. The zero-order valence-corrected chi connectivity index (χ0v) is 15.3. The molecule has 138 valence electrons. The lowest BCUT2D eigenvalue weighted by Gasteiger charge is -2.13. The SMILES string of the molecule is Cc1ccc(-c2oc3cc(C)ccc3c(=O)c2OC(=O)[C@H]2CCCO2)cc1. The number of esters is 1. The molecule has 1 aromatic heterocycles. The van der Waals surface area contributed by atoms with Crippen LogP contribution in [-0.2, 0) is 9.53 Å². The predicted octanol–water partition coefficient (Wildman–Crippen LogP) is 4.16. The Morgan fingerprint density at radius 1 is 1.07 bits per heavy atom. The van der Waals surface area contributed by atoms with Gasteiger partial charge in [0.05, 0.1) is 5.39 Å². The van der Waals surface area contributed by atoms with E-state index in [4.69, 9.17) is 13.9 Å². The average molecular weight is 364 g/mol. The molecule has 1 aliphatic heterocycles. The molecule has 2 heterocycles. The molecule has 0 aliphatic carbocycles. The Morgan fingerprint density at radius 2 is 1.81 bits per heavy atom. The molecule has 0 unspecified atom stereocenters. The standard InChI is InChI=1S/C22H20O5/c1-13-5-8-15(9-6-13)20-21(27-22(24)17-4-3-11-25-17)19(23)16-10-7-14(2)12-18(16)26-20/h5-10,12,17H,3-4,11H2,1-2H3/t17-/m1/s1. The van der Waals surface area contributed by atoms with E-state index in [0.717, 1.165) is 17.5 Å². The molecule has 1 saturated heterocycles. The van der Waals surface area contributed by atoms with E-state index in [2.05, 4.69) is 0 Å². The fourth-order valence-corrected chi connectivity index (χ4v) is 3.20. The first kappa shape index (κ1) is 17.5. The summed E-state index contributed by atoms with van der Waals surface area (Å²) in [6, 6.07) is 12.9. The maximum atomic E-state index is 13.1. The molecule has 0 radical (unpaired) electrons. The fraction of sp³-hybridized carbons (Fsp3) is 0.273. The summed E-state index contributed by atoms with van der Waals surface area (Å²) in [4.78, 5) is 25.5. The third-order valence-electron chi connectivity index (χ3n) is 4.72. The van der Waals surface area contributed by atoms with Gasteiger partial charge in [-0.05, 0) is 44.4 Å². The Bertz CT molecular complexity index is 1060. The van der Waals surface area contributed by atoms with E-state index < -0.39 is 12.1 Å². The number of rotatable bonds is 3. The third kappa shape index (κ3) is 3.38. The van der Waals surface area contributed by atoms with Gasteiger partial charge in [0, 0.05) is 12.2 Å². The second-order valence-electron chi connectivity index (χ2n) is 6.88. The highest BCUT2D eigenvalue weighted by Crippen LogP contribution is 2.32. The topological polar surface area (TPSA) is 65.7 Å². The first-order valence-electron chi connectivity index (χ1n) is 9.01. The lowest BCUT2D eigenvalue weighted by atomic mass is 10.1. The van der Waals surface area contributed by atoms with Crippen LogP contribution in [0.25, 0.3) is 22.3 Å². The van der Waals surface area contributed by atoms with Crippen molar-refractivity contribution in [3.8, 4) is 17.1 Å². The van der Waals surface area contributed by atoms with E-state index in [-0.39, 0.29) is 16.9 Å². The van der Waals surface area contributed by atoms with Gasteiger partial charge in [-0.15, -0.1) is 0 Å². The van der Waals surface area contributed by atoms with Gasteiger partial charge < -0.3 is 13.9 Å². The molecule has 2 aromatic carbocycles. The van der Waals surface area contributed by atoms with Crippen molar-refractivity contribution in [1.82, 2.24) is 0 Å². The highest BCUT2D eigenvalue weighted by Gasteiger charge is 2.28. The van der Waals surface area contributed by atoms with Gasteiger partial charge in [0.25, 0.3) is 0 Å². The van der Waals surface area contributed by atoms with Crippen molar-refractivity contribution >= 4 is 16.9 Å². The number of benzene rings is 2. The molecule has 1 fully saturated rings. The molecule has 0 amide bonds. The van der Waals surface area contributed by atoms with Gasteiger partial charge in [0.15, 0.2) is 11.9 Å². The number of carbonyl (C=O) groups is 1. The quantitative estimate of drug-likeness (QED) is 0.653. The monoisotopic (exact) mass is 364 g/mol. The molecular weight excluding hydrogens is 344 g/mol. The molecule has 0 N–H and O–H groups in total. The molecule has 27 heavy (non-hydrogen) atoms. The molecule has 1 atom stereocenters. The molecule has 5 heteroatoms. The maximum Gasteiger partial charge on any atom is 0.340 e. The Hall–Kier alpha value is -2.92. The Morgan fingerprint density at radius 3 is 2.52 bits per heavy atom. The van der Waals surface area contributed by atoms with Gasteiger partial charge in [-0.2, -0.15) is 0 Å². The van der Waals surface area contributed by atoms with Gasteiger partial charge in [-0.3, -0.25) is 4.79 Å². The van der Waals surface area contributed by atoms with Gasteiger partial charge in [0.2, 0.25) is 11.2 Å². The van der Waals surface area contributed by atoms with E-state index >= 15 is 0 Å². The molecule has 1 aliphatic rings. The van der Waals surface area contributed by atoms with Crippen molar-refractivity contribution in [3.05, 3.63) is 63.8 Å². The lowest BCUT2D eigenvalue weighted by molar-refractivity contribution is -0.144. The summed E-state index contributed by atoms with van der Waals surface area (Å²) in [6.07, 6.45) is 0.761. The van der Waals surface area contributed by atoms with Crippen LogP contribution in [0, 0.1) is 13.8 Å². The average Bonchev–Trinajstić information content (AvgIpc) is 3.19. The Labute approximate surface area is 156 Å². The van der Waals surface area contributed by atoms with Crippen molar-refractivity contribution in [2.24, 2.45) is 0 Å². The fourth-order valence-electron chi connectivity index (χ4n) is 3.20. The third-order valence-corrected chi connectivity index (χ3v) is 4.72. The molecule has 5 nitrogen and oxygen atoms in total.